The third-order valence-corrected chi connectivity index (χ3v) is 3.87. The van der Waals surface area contributed by atoms with Gasteiger partial charge >= 0.3 is 0 Å². The Labute approximate surface area is 138 Å². The molecule has 7 heteroatoms. The Kier molecular flexibility index (Phi) is 4.16. The summed E-state index contributed by atoms with van der Waals surface area (Å²) in [6.07, 6.45) is 4.03. The second-order valence-corrected chi connectivity index (χ2v) is 5.54. The Morgan fingerprint density at radius 1 is 1.35 bits per heavy atom. The zero-order chi connectivity index (χ0) is 16.4. The van der Waals surface area contributed by atoms with Gasteiger partial charge < -0.3 is 11.1 Å². The molecule has 0 aliphatic rings. The van der Waals surface area contributed by atoms with E-state index in [2.05, 4.69) is 20.5 Å². The molecule has 1 aromatic carbocycles. The highest BCUT2D eigenvalue weighted by atomic mass is 35.5. The first-order valence-electron chi connectivity index (χ1n) is 7.28. The van der Waals surface area contributed by atoms with E-state index in [4.69, 9.17) is 17.3 Å². The number of aromatic nitrogens is 3. The first-order valence-corrected chi connectivity index (χ1v) is 7.66. The number of rotatable bonds is 4. The van der Waals surface area contributed by atoms with Crippen molar-refractivity contribution < 1.29 is 4.79 Å². The Hall–Kier alpha value is -2.60. The van der Waals surface area contributed by atoms with Gasteiger partial charge in [0.1, 0.15) is 0 Å². The summed E-state index contributed by atoms with van der Waals surface area (Å²) in [7, 11) is 0. The molecule has 118 valence electrons. The van der Waals surface area contributed by atoms with Crippen molar-refractivity contribution in [3.05, 3.63) is 41.3 Å². The van der Waals surface area contributed by atoms with Crippen LogP contribution in [0.25, 0.3) is 22.0 Å². The van der Waals surface area contributed by atoms with Crippen molar-refractivity contribution in [2.45, 2.75) is 13.3 Å². The molecule has 23 heavy (non-hydrogen) atoms. The lowest BCUT2D eigenvalue weighted by molar-refractivity contribution is 0.0950. The molecule has 4 N–H and O–H groups in total. The highest BCUT2D eigenvalue weighted by Gasteiger charge is 2.16. The number of nitrogen functional groups attached to an aromatic ring is 1. The standard InChI is InChI=1S/C16H16ClN5O/c1-2-6-19-16(23)15-13(18)9-4-3-5-10(11(9)7-20-15)14-12(17)8-21-22-14/h3-5,7-8H,2,6,18H2,1H3,(H,19,23)(H,21,22). The summed E-state index contributed by atoms with van der Waals surface area (Å²) in [6, 6.07) is 5.62. The van der Waals surface area contributed by atoms with E-state index in [9.17, 15) is 4.79 Å². The number of anilines is 1. The van der Waals surface area contributed by atoms with Crippen LogP contribution in [0.5, 0.6) is 0 Å². The van der Waals surface area contributed by atoms with E-state index in [1.165, 1.54) is 0 Å². The summed E-state index contributed by atoms with van der Waals surface area (Å²) >= 11 is 6.14. The van der Waals surface area contributed by atoms with Gasteiger partial charge in [0.15, 0.2) is 5.69 Å². The Balaban J connectivity index is 2.13. The molecule has 0 saturated heterocycles. The molecule has 3 aromatic rings. The van der Waals surface area contributed by atoms with Crippen molar-refractivity contribution in [1.29, 1.82) is 0 Å². The van der Waals surface area contributed by atoms with Crippen LogP contribution in [0.15, 0.2) is 30.6 Å². The van der Waals surface area contributed by atoms with Crippen LogP contribution in [0.1, 0.15) is 23.8 Å². The number of amides is 1. The highest BCUT2D eigenvalue weighted by molar-refractivity contribution is 6.33. The average Bonchev–Trinajstić information content (AvgIpc) is 2.98. The van der Waals surface area contributed by atoms with Crippen molar-refractivity contribution in [3.63, 3.8) is 0 Å². The van der Waals surface area contributed by atoms with Crippen molar-refractivity contribution in [2.24, 2.45) is 0 Å². The SMILES string of the molecule is CCCNC(=O)c1ncc2c(-c3[nH]ncc3Cl)cccc2c1N. The van der Waals surface area contributed by atoms with Crippen LogP contribution in [0.3, 0.4) is 0 Å². The first-order chi connectivity index (χ1) is 11.1. The molecule has 0 bridgehead atoms. The molecule has 0 aliphatic carbocycles. The maximum atomic E-state index is 12.1. The average molecular weight is 330 g/mol. The first kappa shape index (κ1) is 15.3. The number of nitrogens with two attached hydrogens (primary N) is 1. The molecule has 1 amide bonds. The third kappa shape index (κ3) is 2.73. The van der Waals surface area contributed by atoms with E-state index in [1.807, 2.05) is 25.1 Å². The minimum absolute atomic E-state index is 0.235. The summed E-state index contributed by atoms with van der Waals surface area (Å²) in [5, 5.41) is 11.7. The van der Waals surface area contributed by atoms with Gasteiger partial charge in [-0.05, 0) is 6.42 Å². The molecular formula is C16H16ClN5O. The number of fused-ring (bicyclic) bond motifs is 1. The van der Waals surface area contributed by atoms with Gasteiger partial charge in [0.2, 0.25) is 0 Å². The normalized spacial score (nSPS) is 10.9. The van der Waals surface area contributed by atoms with Gasteiger partial charge in [-0.15, -0.1) is 0 Å². The second-order valence-electron chi connectivity index (χ2n) is 5.14. The fourth-order valence-corrected chi connectivity index (χ4v) is 2.64. The van der Waals surface area contributed by atoms with Crippen molar-refractivity contribution in [3.8, 4) is 11.3 Å². The highest BCUT2D eigenvalue weighted by Crippen LogP contribution is 2.34. The van der Waals surface area contributed by atoms with E-state index >= 15 is 0 Å². The number of nitrogens with zero attached hydrogens (tertiary/aromatic N) is 2. The maximum absolute atomic E-state index is 12.1. The lowest BCUT2D eigenvalue weighted by Crippen LogP contribution is -2.26. The Morgan fingerprint density at radius 2 is 2.17 bits per heavy atom. The van der Waals surface area contributed by atoms with Crippen LogP contribution >= 0.6 is 11.6 Å². The fourth-order valence-electron chi connectivity index (χ4n) is 2.45. The predicted molar refractivity (Wildman–Crippen MR) is 91.4 cm³/mol. The number of aromatic amines is 1. The van der Waals surface area contributed by atoms with Gasteiger partial charge in [0.05, 0.1) is 22.6 Å². The van der Waals surface area contributed by atoms with Gasteiger partial charge in [-0.3, -0.25) is 9.89 Å². The molecule has 0 atom stereocenters. The number of carbonyl (C=O) groups is 1. The topological polar surface area (TPSA) is 96.7 Å². The van der Waals surface area contributed by atoms with Gasteiger partial charge in [-0.1, -0.05) is 36.7 Å². The lowest BCUT2D eigenvalue weighted by atomic mass is 10.0. The lowest BCUT2D eigenvalue weighted by Gasteiger charge is -2.11. The molecule has 0 saturated carbocycles. The quantitative estimate of drug-likeness (QED) is 0.685. The van der Waals surface area contributed by atoms with E-state index < -0.39 is 0 Å². The number of hydrogen-bond donors (Lipinski definition) is 3. The summed E-state index contributed by atoms with van der Waals surface area (Å²) in [5.74, 6) is -0.267. The summed E-state index contributed by atoms with van der Waals surface area (Å²) in [4.78, 5) is 16.4. The number of carbonyl (C=O) groups excluding carboxylic acids is 1. The van der Waals surface area contributed by atoms with E-state index in [-0.39, 0.29) is 11.6 Å². The summed E-state index contributed by atoms with van der Waals surface area (Å²) in [6.45, 7) is 2.57. The molecule has 2 aromatic heterocycles. The molecule has 0 radical (unpaired) electrons. The number of nitrogens with one attached hydrogen (secondary N) is 2. The van der Waals surface area contributed by atoms with Gasteiger partial charge in [-0.25, -0.2) is 4.98 Å². The number of pyridine rings is 1. The number of benzene rings is 1. The molecular weight excluding hydrogens is 314 g/mol. The number of hydrogen-bond acceptors (Lipinski definition) is 4. The molecule has 0 unspecified atom stereocenters. The van der Waals surface area contributed by atoms with Gasteiger partial charge in [0.25, 0.3) is 5.91 Å². The van der Waals surface area contributed by atoms with Crippen LogP contribution in [0.2, 0.25) is 5.02 Å². The molecule has 2 heterocycles. The van der Waals surface area contributed by atoms with Crippen molar-refractivity contribution in [1.82, 2.24) is 20.5 Å². The van der Waals surface area contributed by atoms with Crippen LogP contribution < -0.4 is 11.1 Å². The van der Waals surface area contributed by atoms with Gasteiger partial charge in [0, 0.05) is 29.1 Å². The molecule has 0 aliphatic heterocycles. The van der Waals surface area contributed by atoms with Crippen molar-refractivity contribution in [2.75, 3.05) is 12.3 Å². The number of halogens is 1. The van der Waals surface area contributed by atoms with Crippen LogP contribution in [-0.2, 0) is 0 Å². The minimum atomic E-state index is -0.267. The Bertz CT molecular complexity index is 874. The molecule has 6 nitrogen and oxygen atoms in total. The van der Waals surface area contributed by atoms with Crippen molar-refractivity contribution >= 4 is 34.0 Å². The minimum Gasteiger partial charge on any atom is -0.396 e. The van der Waals surface area contributed by atoms with Crippen LogP contribution in [0.4, 0.5) is 5.69 Å². The Morgan fingerprint density at radius 3 is 2.87 bits per heavy atom. The van der Waals surface area contributed by atoms with E-state index in [0.717, 1.165) is 22.8 Å². The van der Waals surface area contributed by atoms with Crippen LogP contribution in [-0.4, -0.2) is 27.6 Å². The largest absolute Gasteiger partial charge is 0.396 e. The third-order valence-electron chi connectivity index (χ3n) is 3.59. The van der Waals surface area contributed by atoms with Crippen LogP contribution in [0, 0.1) is 0 Å². The molecule has 0 fully saturated rings. The van der Waals surface area contributed by atoms with Gasteiger partial charge in [-0.2, -0.15) is 5.10 Å². The summed E-state index contributed by atoms with van der Waals surface area (Å²) in [5.41, 5.74) is 8.29. The fraction of sp³-hybridized carbons (Fsp3) is 0.188. The zero-order valence-electron chi connectivity index (χ0n) is 12.6. The van der Waals surface area contributed by atoms with E-state index in [0.29, 0.717) is 22.9 Å². The summed E-state index contributed by atoms with van der Waals surface area (Å²) < 4.78 is 0. The second kappa shape index (κ2) is 6.26. The predicted octanol–water partition coefficient (Wildman–Crippen LogP) is 3.00. The number of H-pyrrole nitrogens is 1. The maximum Gasteiger partial charge on any atom is 0.272 e. The van der Waals surface area contributed by atoms with E-state index in [1.54, 1.807) is 12.4 Å². The molecule has 0 spiro atoms. The zero-order valence-corrected chi connectivity index (χ0v) is 13.3. The monoisotopic (exact) mass is 329 g/mol. The smallest absolute Gasteiger partial charge is 0.272 e. The molecule has 3 rings (SSSR count).